The van der Waals surface area contributed by atoms with Gasteiger partial charge in [-0.25, -0.2) is 8.42 Å². The summed E-state index contributed by atoms with van der Waals surface area (Å²) < 4.78 is 59.0. The minimum atomic E-state index is -4.24. The van der Waals surface area contributed by atoms with Crippen molar-refractivity contribution in [1.29, 1.82) is 0 Å². The fourth-order valence-electron chi connectivity index (χ4n) is 4.25. The van der Waals surface area contributed by atoms with Gasteiger partial charge in [-0.2, -0.15) is 4.57 Å². The van der Waals surface area contributed by atoms with Gasteiger partial charge in [0.25, 0.3) is 5.01 Å². The maximum absolute atomic E-state index is 11.1. The Morgan fingerprint density at radius 2 is 1.41 bits per heavy atom. The second-order valence-corrected chi connectivity index (χ2v) is 11.6. The lowest BCUT2D eigenvalue weighted by molar-refractivity contribution is -0.668. The number of benzene rings is 2. The molecule has 0 N–H and O–H groups in total. The van der Waals surface area contributed by atoms with Gasteiger partial charge in [0.05, 0.1) is 63.0 Å². The van der Waals surface area contributed by atoms with E-state index in [1.165, 1.54) is 0 Å². The van der Waals surface area contributed by atoms with Crippen molar-refractivity contribution < 1.29 is 36.5 Å². The summed E-state index contributed by atoms with van der Waals surface area (Å²) in [7, 11) is -4.24. The first kappa shape index (κ1) is 29.6. The molecule has 0 atom stereocenters. The Balaban J connectivity index is 1.42. The summed E-state index contributed by atoms with van der Waals surface area (Å²) in [5.74, 6) is -0.372. The summed E-state index contributed by atoms with van der Waals surface area (Å²) in [6.07, 6.45) is 4.37. The summed E-state index contributed by atoms with van der Waals surface area (Å²) in [5.41, 5.74) is 3.16. The van der Waals surface area contributed by atoms with E-state index >= 15 is 0 Å². The lowest BCUT2D eigenvalue weighted by Gasteiger charge is -2.25. The maximum Gasteiger partial charge on any atom is 0.262 e. The Hall–Kier alpha value is -2.38. The van der Waals surface area contributed by atoms with E-state index in [2.05, 4.69) is 33.7 Å². The Kier molecular flexibility index (Phi) is 11.7. The summed E-state index contributed by atoms with van der Waals surface area (Å²) in [4.78, 5) is 2.25. The molecule has 9 nitrogen and oxygen atoms in total. The predicted molar refractivity (Wildman–Crippen MR) is 152 cm³/mol. The van der Waals surface area contributed by atoms with Crippen molar-refractivity contribution in [2.75, 3.05) is 76.6 Å². The molecule has 0 bridgehead atoms. The molecule has 4 rings (SSSR count). The number of rotatable bonds is 7. The monoisotopic (exact) mass is 576 g/mol. The zero-order chi connectivity index (χ0) is 27.3. The highest BCUT2D eigenvalue weighted by atomic mass is 32.2. The molecule has 3 aromatic rings. The molecule has 1 aliphatic heterocycles. The number of aromatic nitrogens is 1. The van der Waals surface area contributed by atoms with Crippen molar-refractivity contribution in [3.63, 3.8) is 0 Å². The molecular weight excluding hydrogens is 540 g/mol. The van der Waals surface area contributed by atoms with Crippen LogP contribution in [0.15, 0.2) is 48.5 Å². The summed E-state index contributed by atoms with van der Waals surface area (Å²) in [6.45, 7) is 6.49. The lowest BCUT2D eigenvalue weighted by atomic mass is 10.2. The summed E-state index contributed by atoms with van der Waals surface area (Å²) in [6, 6.07) is 16.3. The third-order valence-corrected chi connectivity index (χ3v) is 8.14. The van der Waals surface area contributed by atoms with Crippen molar-refractivity contribution in [3.8, 4) is 0 Å². The van der Waals surface area contributed by atoms with Crippen molar-refractivity contribution in [2.24, 2.45) is 0 Å². The molecule has 1 fully saturated rings. The van der Waals surface area contributed by atoms with Crippen LogP contribution < -0.4 is 9.47 Å². The first-order valence-corrected chi connectivity index (χ1v) is 15.6. The van der Waals surface area contributed by atoms with Gasteiger partial charge in [0.15, 0.2) is 6.54 Å². The lowest BCUT2D eigenvalue weighted by Crippen LogP contribution is -2.35. The van der Waals surface area contributed by atoms with E-state index in [-0.39, 0.29) is 12.2 Å². The van der Waals surface area contributed by atoms with Gasteiger partial charge < -0.3 is 28.4 Å². The van der Waals surface area contributed by atoms with Crippen LogP contribution in [0.1, 0.15) is 17.0 Å². The molecule has 1 aliphatic rings. The molecule has 11 heteroatoms. The fraction of sp³-hybridized carbons (Fsp3) is 0.464. The largest absolute Gasteiger partial charge is 0.748 e. The highest BCUT2D eigenvalue weighted by Gasteiger charge is 2.18. The van der Waals surface area contributed by atoms with E-state index in [1.807, 2.05) is 36.4 Å². The molecule has 0 amide bonds. The molecule has 0 spiro atoms. The second kappa shape index (κ2) is 15.4. The quantitative estimate of drug-likeness (QED) is 0.312. The molecule has 2 aromatic carbocycles. The molecule has 1 aromatic heterocycles. The topological polar surface area (TPSA) is 101 Å². The summed E-state index contributed by atoms with van der Waals surface area (Å²) in [5, 5.41) is 0.997. The number of para-hydroxylation sites is 1. The maximum atomic E-state index is 11.1. The predicted octanol–water partition coefficient (Wildman–Crippen LogP) is 3.18. The van der Waals surface area contributed by atoms with Gasteiger partial charge in [-0.1, -0.05) is 35.6 Å². The first-order chi connectivity index (χ1) is 19.0. The highest BCUT2D eigenvalue weighted by molar-refractivity contribution is 7.85. The van der Waals surface area contributed by atoms with Crippen LogP contribution in [-0.2, 0) is 35.6 Å². The Labute approximate surface area is 234 Å². The number of hydrogen-bond donors (Lipinski definition) is 0. The van der Waals surface area contributed by atoms with Gasteiger partial charge in [0.2, 0.25) is 5.52 Å². The number of anilines is 1. The fourth-order valence-corrected chi connectivity index (χ4v) is 5.83. The third kappa shape index (κ3) is 9.95. The molecule has 0 aliphatic carbocycles. The molecular formula is C28H36N2O7S2. The van der Waals surface area contributed by atoms with Crippen molar-refractivity contribution in [3.05, 3.63) is 59.1 Å². The highest BCUT2D eigenvalue weighted by Crippen LogP contribution is 2.23. The molecule has 0 unspecified atom stereocenters. The smallest absolute Gasteiger partial charge is 0.262 e. The number of fused-ring (bicyclic) bond motifs is 1. The van der Waals surface area contributed by atoms with Crippen molar-refractivity contribution in [2.45, 2.75) is 13.0 Å². The zero-order valence-corrected chi connectivity index (χ0v) is 23.7. The average molecular weight is 577 g/mol. The van der Waals surface area contributed by atoms with E-state index in [4.69, 9.17) is 18.9 Å². The third-order valence-electron chi connectivity index (χ3n) is 6.22. The van der Waals surface area contributed by atoms with Crippen molar-refractivity contribution in [1.82, 2.24) is 0 Å². The number of hydrogen-bond acceptors (Lipinski definition) is 9. The van der Waals surface area contributed by atoms with Crippen LogP contribution in [0.3, 0.4) is 0 Å². The van der Waals surface area contributed by atoms with E-state index in [1.54, 1.807) is 11.3 Å². The number of thiazole rings is 1. The second-order valence-electron chi connectivity index (χ2n) is 9.04. The van der Waals surface area contributed by atoms with Gasteiger partial charge in [-0.3, -0.25) is 0 Å². The molecule has 0 saturated carbocycles. The molecule has 2 heterocycles. The Morgan fingerprint density at radius 1 is 0.821 bits per heavy atom. The van der Waals surface area contributed by atoms with Gasteiger partial charge in [-0.15, -0.1) is 0 Å². The molecule has 212 valence electrons. The van der Waals surface area contributed by atoms with Crippen LogP contribution in [0.2, 0.25) is 0 Å². The standard InChI is InChI=1S/C28H36N2O7S2/c31-39(32,33)23-3-12-30-26-4-1-2-5-27(26)38-28(30)11-8-24-6-9-25(10-7-24)29-13-15-34-17-19-36-21-22-37-20-18-35-16-14-29/h1-2,4-11H,3,12-23H2. The number of nitrogens with zero attached hydrogens (tertiary/aromatic N) is 2. The minimum absolute atomic E-state index is 0.274. The van der Waals surface area contributed by atoms with E-state index in [9.17, 15) is 13.0 Å². The zero-order valence-electron chi connectivity index (χ0n) is 22.0. The molecule has 1 saturated heterocycles. The van der Waals surface area contributed by atoms with E-state index in [0.29, 0.717) is 59.4 Å². The molecule has 39 heavy (non-hydrogen) atoms. The van der Waals surface area contributed by atoms with Gasteiger partial charge in [-0.05, 0) is 29.8 Å². The van der Waals surface area contributed by atoms with Crippen LogP contribution in [0.25, 0.3) is 22.4 Å². The number of aryl methyl sites for hydroxylation is 1. The van der Waals surface area contributed by atoms with Crippen LogP contribution in [0.5, 0.6) is 0 Å². The minimum Gasteiger partial charge on any atom is -0.748 e. The van der Waals surface area contributed by atoms with E-state index in [0.717, 1.165) is 39.6 Å². The summed E-state index contributed by atoms with van der Waals surface area (Å²) >= 11 is 1.64. The van der Waals surface area contributed by atoms with Gasteiger partial charge >= 0.3 is 0 Å². The van der Waals surface area contributed by atoms with E-state index < -0.39 is 10.1 Å². The molecule has 0 radical (unpaired) electrons. The van der Waals surface area contributed by atoms with Crippen LogP contribution >= 0.6 is 11.3 Å². The van der Waals surface area contributed by atoms with Crippen LogP contribution in [-0.4, -0.2) is 84.7 Å². The number of ether oxygens (including phenoxy) is 4. The van der Waals surface area contributed by atoms with Crippen molar-refractivity contribution >= 4 is 49.5 Å². The Bertz CT molecular complexity index is 1280. The van der Waals surface area contributed by atoms with Gasteiger partial charge in [0, 0.05) is 43.1 Å². The average Bonchev–Trinajstić information content (AvgIpc) is 3.27. The van der Waals surface area contributed by atoms with Crippen LogP contribution in [0.4, 0.5) is 5.69 Å². The first-order valence-electron chi connectivity index (χ1n) is 13.2. The van der Waals surface area contributed by atoms with Crippen LogP contribution in [0, 0.1) is 0 Å². The van der Waals surface area contributed by atoms with Gasteiger partial charge in [0.1, 0.15) is 4.70 Å². The SMILES string of the molecule is O=S(=O)([O-])CCC[n+]1c(/C=C/c2ccc(N3CCOCCOCCOCCOCC3)cc2)sc2ccccc21. The Morgan fingerprint density at radius 3 is 2.03 bits per heavy atom. The normalized spacial score (nSPS) is 17.3.